The molecule has 0 saturated carbocycles. The third-order valence-corrected chi connectivity index (χ3v) is 2.17. The quantitative estimate of drug-likeness (QED) is 0.797. The van der Waals surface area contributed by atoms with E-state index in [0.29, 0.717) is 12.1 Å². The summed E-state index contributed by atoms with van der Waals surface area (Å²) < 4.78 is 0. The zero-order valence-electron chi connectivity index (χ0n) is 9.10. The van der Waals surface area contributed by atoms with Gasteiger partial charge in [-0.3, -0.25) is 4.79 Å². The molecule has 4 nitrogen and oxygen atoms in total. The summed E-state index contributed by atoms with van der Waals surface area (Å²) in [7, 11) is 0. The highest BCUT2D eigenvalue weighted by atomic mass is 16.3. The number of benzene rings is 1. The fourth-order valence-electron chi connectivity index (χ4n) is 1.21. The van der Waals surface area contributed by atoms with E-state index < -0.39 is 0 Å². The van der Waals surface area contributed by atoms with Gasteiger partial charge in [-0.1, -0.05) is 18.2 Å². The molecule has 0 aliphatic rings. The average Bonchev–Trinajstić information content (AvgIpc) is 2.29. The summed E-state index contributed by atoms with van der Waals surface area (Å²) in [6, 6.07) is 8.74. The lowest BCUT2D eigenvalue weighted by atomic mass is 10.1. The number of nitriles is 1. The van der Waals surface area contributed by atoms with E-state index in [1.807, 2.05) is 6.07 Å². The largest absolute Gasteiger partial charge is 0.508 e. The van der Waals surface area contributed by atoms with Crippen molar-refractivity contribution in [2.75, 3.05) is 6.54 Å². The molecule has 4 heteroatoms. The monoisotopic (exact) mass is 218 g/mol. The summed E-state index contributed by atoms with van der Waals surface area (Å²) in [6.45, 7) is 2.07. The first-order valence-corrected chi connectivity index (χ1v) is 5.06. The minimum Gasteiger partial charge on any atom is -0.508 e. The van der Waals surface area contributed by atoms with Crippen LogP contribution in [0.2, 0.25) is 0 Å². The van der Waals surface area contributed by atoms with Gasteiger partial charge in [0.2, 0.25) is 5.91 Å². The number of hydrogen-bond acceptors (Lipinski definition) is 3. The van der Waals surface area contributed by atoms with E-state index in [2.05, 4.69) is 5.32 Å². The normalized spacial score (nSPS) is 11.5. The molecule has 1 atom stereocenters. The Hall–Kier alpha value is -2.02. The van der Waals surface area contributed by atoms with E-state index in [0.717, 1.165) is 0 Å². The molecule has 0 aliphatic carbocycles. The molecule has 0 aromatic heterocycles. The van der Waals surface area contributed by atoms with Crippen molar-refractivity contribution >= 4 is 5.91 Å². The maximum Gasteiger partial charge on any atom is 0.224 e. The molecule has 16 heavy (non-hydrogen) atoms. The number of nitrogens with one attached hydrogen (secondary N) is 1. The number of aromatic hydroxyl groups is 1. The van der Waals surface area contributed by atoms with Crippen molar-refractivity contribution < 1.29 is 9.90 Å². The zero-order valence-corrected chi connectivity index (χ0v) is 9.10. The van der Waals surface area contributed by atoms with Crippen molar-refractivity contribution in [2.24, 2.45) is 5.92 Å². The summed E-state index contributed by atoms with van der Waals surface area (Å²) in [5, 5.41) is 20.6. The van der Waals surface area contributed by atoms with Crippen LogP contribution in [-0.2, 0) is 11.2 Å². The van der Waals surface area contributed by atoms with E-state index in [1.54, 1.807) is 31.2 Å². The topological polar surface area (TPSA) is 73.1 Å². The van der Waals surface area contributed by atoms with Crippen LogP contribution in [-0.4, -0.2) is 17.6 Å². The van der Waals surface area contributed by atoms with Crippen LogP contribution in [0.15, 0.2) is 24.3 Å². The molecule has 0 aliphatic heterocycles. The molecular weight excluding hydrogens is 204 g/mol. The van der Waals surface area contributed by atoms with Crippen LogP contribution in [0.25, 0.3) is 0 Å². The molecule has 1 amide bonds. The van der Waals surface area contributed by atoms with Crippen molar-refractivity contribution in [2.45, 2.75) is 13.3 Å². The Balaban J connectivity index is 2.47. The Morgan fingerprint density at radius 2 is 2.25 bits per heavy atom. The van der Waals surface area contributed by atoms with Crippen LogP contribution in [0.3, 0.4) is 0 Å². The number of rotatable bonds is 4. The number of carbonyl (C=O) groups is 1. The summed E-state index contributed by atoms with van der Waals surface area (Å²) in [4.78, 5) is 11.5. The van der Waals surface area contributed by atoms with Gasteiger partial charge >= 0.3 is 0 Å². The molecule has 0 unspecified atom stereocenters. The fraction of sp³-hybridized carbons (Fsp3) is 0.333. The molecule has 0 radical (unpaired) electrons. The fourth-order valence-corrected chi connectivity index (χ4v) is 1.21. The number of phenols is 1. The number of phenolic OH excluding ortho intramolecular Hbond substituents is 1. The maximum absolute atomic E-state index is 11.5. The number of carbonyl (C=O) groups excluding carboxylic acids is 1. The molecule has 0 spiro atoms. The van der Waals surface area contributed by atoms with Gasteiger partial charge in [0.1, 0.15) is 5.75 Å². The van der Waals surface area contributed by atoms with Crippen molar-refractivity contribution in [3.05, 3.63) is 29.8 Å². The minimum absolute atomic E-state index is 0.117. The summed E-state index contributed by atoms with van der Waals surface area (Å²) in [6.07, 6.45) is 0.130. The SMILES string of the molecule is C[C@H](C#N)CNC(=O)Cc1ccccc1O. The molecule has 0 saturated heterocycles. The smallest absolute Gasteiger partial charge is 0.224 e. The van der Waals surface area contributed by atoms with Gasteiger partial charge in [-0.25, -0.2) is 0 Å². The van der Waals surface area contributed by atoms with Crippen molar-refractivity contribution in [1.29, 1.82) is 5.26 Å². The number of nitrogens with zero attached hydrogens (tertiary/aromatic N) is 1. The predicted molar refractivity (Wildman–Crippen MR) is 59.6 cm³/mol. The maximum atomic E-state index is 11.5. The van der Waals surface area contributed by atoms with Gasteiger partial charge in [-0.15, -0.1) is 0 Å². The van der Waals surface area contributed by atoms with Gasteiger partial charge < -0.3 is 10.4 Å². The Bertz CT molecular complexity index is 410. The molecule has 1 aromatic carbocycles. The third-order valence-electron chi connectivity index (χ3n) is 2.17. The molecule has 0 bridgehead atoms. The summed E-state index contributed by atoms with van der Waals surface area (Å²) >= 11 is 0. The zero-order chi connectivity index (χ0) is 12.0. The van der Waals surface area contributed by atoms with Crippen LogP contribution >= 0.6 is 0 Å². The highest BCUT2D eigenvalue weighted by Crippen LogP contribution is 2.15. The van der Waals surface area contributed by atoms with Crippen molar-refractivity contribution in [3.8, 4) is 11.8 Å². The molecular formula is C12H14N2O2. The molecule has 1 aromatic rings. The van der Waals surface area contributed by atoms with Gasteiger partial charge in [0.25, 0.3) is 0 Å². The van der Waals surface area contributed by atoms with Crippen LogP contribution in [0, 0.1) is 17.2 Å². The molecule has 0 fully saturated rings. The van der Waals surface area contributed by atoms with E-state index in [1.165, 1.54) is 0 Å². The second-order valence-corrected chi connectivity index (χ2v) is 3.64. The lowest BCUT2D eigenvalue weighted by Gasteiger charge is -2.07. The minimum atomic E-state index is -0.201. The van der Waals surface area contributed by atoms with Crippen LogP contribution in [0.5, 0.6) is 5.75 Å². The standard InChI is InChI=1S/C12H14N2O2/c1-9(7-13)8-14-12(16)6-10-4-2-3-5-11(10)15/h2-5,9,15H,6,8H2,1H3,(H,14,16)/t9-/m1/s1. The Morgan fingerprint density at radius 3 is 2.88 bits per heavy atom. The second kappa shape index (κ2) is 5.76. The number of hydrogen-bond donors (Lipinski definition) is 2. The van der Waals surface area contributed by atoms with E-state index in [4.69, 9.17) is 5.26 Å². The van der Waals surface area contributed by atoms with Gasteiger partial charge in [0.05, 0.1) is 18.4 Å². The van der Waals surface area contributed by atoms with Gasteiger partial charge in [-0.05, 0) is 13.0 Å². The first-order chi connectivity index (χ1) is 7.63. The number of para-hydroxylation sites is 1. The van der Waals surface area contributed by atoms with Gasteiger partial charge in [0.15, 0.2) is 0 Å². The third kappa shape index (κ3) is 3.62. The second-order valence-electron chi connectivity index (χ2n) is 3.64. The summed E-state index contributed by atoms with van der Waals surface area (Å²) in [5.74, 6) is -0.275. The molecule has 1 rings (SSSR count). The van der Waals surface area contributed by atoms with Crippen molar-refractivity contribution in [3.63, 3.8) is 0 Å². The Kier molecular flexibility index (Phi) is 4.34. The first kappa shape index (κ1) is 12.1. The van der Waals surface area contributed by atoms with E-state index >= 15 is 0 Å². The lowest BCUT2D eigenvalue weighted by molar-refractivity contribution is -0.120. The summed E-state index contributed by atoms with van der Waals surface area (Å²) in [5.41, 5.74) is 0.588. The Morgan fingerprint density at radius 1 is 1.56 bits per heavy atom. The lowest BCUT2D eigenvalue weighted by Crippen LogP contribution is -2.29. The van der Waals surface area contributed by atoms with Gasteiger partial charge in [0, 0.05) is 12.1 Å². The Labute approximate surface area is 94.5 Å². The number of amides is 1. The highest BCUT2D eigenvalue weighted by molar-refractivity contribution is 5.79. The first-order valence-electron chi connectivity index (χ1n) is 5.06. The average molecular weight is 218 g/mol. The molecule has 84 valence electrons. The van der Waals surface area contributed by atoms with Crippen LogP contribution in [0.4, 0.5) is 0 Å². The molecule has 0 heterocycles. The highest BCUT2D eigenvalue weighted by Gasteiger charge is 2.07. The predicted octanol–water partition coefficient (Wildman–Crippen LogP) is 1.21. The van der Waals surface area contributed by atoms with Gasteiger partial charge in [-0.2, -0.15) is 5.26 Å². The van der Waals surface area contributed by atoms with Crippen LogP contribution in [0.1, 0.15) is 12.5 Å². The molecule has 2 N–H and O–H groups in total. The van der Waals surface area contributed by atoms with Crippen molar-refractivity contribution in [1.82, 2.24) is 5.32 Å². The van der Waals surface area contributed by atoms with E-state index in [9.17, 15) is 9.90 Å². The van der Waals surface area contributed by atoms with Crippen LogP contribution < -0.4 is 5.32 Å². The van der Waals surface area contributed by atoms with E-state index in [-0.39, 0.29) is 24.0 Å².